The van der Waals surface area contributed by atoms with Crippen molar-refractivity contribution in [3.63, 3.8) is 0 Å². The highest BCUT2D eigenvalue weighted by Crippen LogP contribution is 2.33. The van der Waals surface area contributed by atoms with Crippen molar-refractivity contribution in [3.05, 3.63) is 55.9 Å². The molecule has 0 spiro atoms. The molecule has 0 bridgehead atoms. The summed E-state index contributed by atoms with van der Waals surface area (Å²) < 4.78 is 1.60. The second-order valence-electron chi connectivity index (χ2n) is 8.70. The summed E-state index contributed by atoms with van der Waals surface area (Å²) in [5.74, 6) is 0.462. The highest BCUT2D eigenvalue weighted by molar-refractivity contribution is 7.18. The molecule has 2 aromatic heterocycles. The van der Waals surface area contributed by atoms with Crippen LogP contribution in [0.1, 0.15) is 54.1 Å². The van der Waals surface area contributed by atoms with Crippen LogP contribution < -0.4 is 10.9 Å². The van der Waals surface area contributed by atoms with Crippen LogP contribution in [0, 0.1) is 13.8 Å². The summed E-state index contributed by atoms with van der Waals surface area (Å²) in [5, 5.41) is 3.70. The molecule has 1 aliphatic rings. The van der Waals surface area contributed by atoms with E-state index in [0.717, 1.165) is 64.9 Å². The van der Waals surface area contributed by atoms with Crippen LogP contribution in [0.4, 0.5) is 5.69 Å². The van der Waals surface area contributed by atoms with Crippen LogP contribution in [0.15, 0.2) is 23.0 Å². The van der Waals surface area contributed by atoms with Crippen LogP contribution in [0.2, 0.25) is 0 Å². The molecule has 1 amide bonds. The Morgan fingerprint density at radius 2 is 1.81 bits per heavy atom. The highest BCUT2D eigenvalue weighted by atomic mass is 32.1. The van der Waals surface area contributed by atoms with Crippen LogP contribution >= 0.6 is 11.3 Å². The van der Waals surface area contributed by atoms with Crippen LogP contribution in [-0.2, 0) is 30.7 Å². The molecule has 0 atom stereocenters. The van der Waals surface area contributed by atoms with Crippen molar-refractivity contribution in [2.45, 2.75) is 66.5 Å². The number of nitrogens with one attached hydrogen (secondary N) is 1. The Morgan fingerprint density at radius 1 is 1.12 bits per heavy atom. The van der Waals surface area contributed by atoms with E-state index in [-0.39, 0.29) is 18.0 Å². The van der Waals surface area contributed by atoms with Gasteiger partial charge >= 0.3 is 0 Å². The van der Waals surface area contributed by atoms with Gasteiger partial charge in [-0.15, -0.1) is 11.3 Å². The van der Waals surface area contributed by atoms with E-state index < -0.39 is 0 Å². The summed E-state index contributed by atoms with van der Waals surface area (Å²) in [7, 11) is 0. The molecule has 0 unspecified atom stereocenters. The Kier molecular flexibility index (Phi) is 6.76. The summed E-state index contributed by atoms with van der Waals surface area (Å²) in [5.41, 5.74) is 4.02. The molecule has 2 heterocycles. The summed E-state index contributed by atoms with van der Waals surface area (Å²) in [6.45, 7) is 10.5. The lowest BCUT2D eigenvalue weighted by Gasteiger charge is -2.20. The van der Waals surface area contributed by atoms with Gasteiger partial charge < -0.3 is 5.32 Å². The minimum atomic E-state index is -0.205. The van der Waals surface area contributed by atoms with Gasteiger partial charge in [0, 0.05) is 10.6 Å². The standard InChI is InChI=1S/C25H32N4O2S/c1-5-28(6-2)14-21-27-24-23(19-9-7-8-10-20(19)32-24)25(31)29(21)15-22(30)26-18-12-16(3)11-17(4)13-18/h11-13H,5-10,14-15H2,1-4H3,(H,26,30). The first kappa shape index (κ1) is 22.7. The molecular weight excluding hydrogens is 420 g/mol. The Bertz CT molecular complexity index is 1190. The van der Waals surface area contributed by atoms with Gasteiger partial charge in [0.2, 0.25) is 5.91 Å². The van der Waals surface area contributed by atoms with E-state index in [2.05, 4.69) is 30.1 Å². The SMILES string of the molecule is CCN(CC)Cc1nc2sc3c(c2c(=O)n1CC(=O)Nc1cc(C)cc(C)c1)CCCC3. The number of carbonyl (C=O) groups excluding carboxylic acids is 1. The number of aryl methyl sites for hydroxylation is 4. The maximum absolute atomic E-state index is 13.7. The minimum Gasteiger partial charge on any atom is -0.325 e. The van der Waals surface area contributed by atoms with Gasteiger partial charge in [-0.3, -0.25) is 19.1 Å². The predicted octanol–water partition coefficient (Wildman–Crippen LogP) is 4.43. The van der Waals surface area contributed by atoms with Crippen molar-refractivity contribution >= 4 is 33.1 Å². The fraction of sp³-hybridized carbons (Fsp3) is 0.480. The van der Waals surface area contributed by atoms with Crippen molar-refractivity contribution < 1.29 is 4.79 Å². The van der Waals surface area contributed by atoms with Gasteiger partial charge in [0.15, 0.2) is 0 Å². The van der Waals surface area contributed by atoms with Crippen LogP contribution in [0.5, 0.6) is 0 Å². The van der Waals surface area contributed by atoms with E-state index in [1.54, 1.807) is 15.9 Å². The number of anilines is 1. The number of hydrogen-bond acceptors (Lipinski definition) is 5. The minimum absolute atomic E-state index is 0.0318. The van der Waals surface area contributed by atoms with E-state index in [0.29, 0.717) is 12.4 Å². The average molecular weight is 453 g/mol. The number of amides is 1. The maximum atomic E-state index is 13.7. The Labute approximate surface area is 193 Å². The molecule has 4 rings (SSSR count). The lowest BCUT2D eigenvalue weighted by Crippen LogP contribution is -2.34. The van der Waals surface area contributed by atoms with Crippen molar-refractivity contribution in [2.24, 2.45) is 0 Å². The van der Waals surface area contributed by atoms with E-state index in [1.807, 2.05) is 26.0 Å². The number of thiophene rings is 1. The zero-order chi connectivity index (χ0) is 22.8. The topological polar surface area (TPSA) is 67.2 Å². The van der Waals surface area contributed by atoms with Crippen molar-refractivity contribution in [3.8, 4) is 0 Å². The second kappa shape index (κ2) is 9.55. The monoisotopic (exact) mass is 452 g/mol. The van der Waals surface area contributed by atoms with Gasteiger partial charge in [0.1, 0.15) is 17.2 Å². The summed E-state index contributed by atoms with van der Waals surface area (Å²) in [4.78, 5) is 35.9. The zero-order valence-corrected chi connectivity index (χ0v) is 20.3. The molecule has 32 heavy (non-hydrogen) atoms. The maximum Gasteiger partial charge on any atom is 0.263 e. The Balaban J connectivity index is 1.73. The van der Waals surface area contributed by atoms with Gasteiger partial charge in [0.05, 0.1) is 11.9 Å². The van der Waals surface area contributed by atoms with Gasteiger partial charge in [-0.2, -0.15) is 0 Å². The molecule has 0 fully saturated rings. The van der Waals surface area contributed by atoms with Crippen LogP contribution in [0.3, 0.4) is 0 Å². The fourth-order valence-electron chi connectivity index (χ4n) is 4.60. The van der Waals surface area contributed by atoms with Crippen LogP contribution in [-0.4, -0.2) is 33.4 Å². The number of benzene rings is 1. The fourth-order valence-corrected chi connectivity index (χ4v) is 5.87. The molecule has 7 heteroatoms. The quantitative estimate of drug-likeness (QED) is 0.576. The van der Waals surface area contributed by atoms with Crippen molar-refractivity contribution in [2.75, 3.05) is 18.4 Å². The number of carbonyl (C=O) groups is 1. The number of nitrogens with zero attached hydrogens (tertiary/aromatic N) is 3. The normalized spacial score (nSPS) is 13.5. The second-order valence-corrected chi connectivity index (χ2v) is 9.78. The van der Waals surface area contributed by atoms with Gasteiger partial charge in [-0.25, -0.2) is 4.98 Å². The lowest BCUT2D eigenvalue weighted by molar-refractivity contribution is -0.116. The van der Waals surface area contributed by atoms with Crippen LogP contribution in [0.25, 0.3) is 10.2 Å². The largest absolute Gasteiger partial charge is 0.325 e. The molecule has 1 aromatic carbocycles. The Morgan fingerprint density at radius 3 is 2.50 bits per heavy atom. The first-order valence-electron chi connectivity index (χ1n) is 11.5. The lowest BCUT2D eigenvalue weighted by atomic mass is 9.97. The van der Waals surface area contributed by atoms with Gasteiger partial charge in [-0.1, -0.05) is 19.9 Å². The number of hydrogen-bond donors (Lipinski definition) is 1. The molecular formula is C25H32N4O2S. The van der Waals surface area contributed by atoms with Gasteiger partial charge in [-0.05, 0) is 81.4 Å². The Hall–Kier alpha value is -2.51. The molecule has 6 nitrogen and oxygen atoms in total. The third kappa shape index (κ3) is 4.64. The smallest absolute Gasteiger partial charge is 0.263 e. The molecule has 0 aliphatic heterocycles. The first-order valence-corrected chi connectivity index (χ1v) is 12.4. The molecule has 1 aliphatic carbocycles. The third-order valence-electron chi connectivity index (χ3n) is 6.22. The van der Waals surface area contributed by atoms with E-state index in [9.17, 15) is 9.59 Å². The molecule has 0 saturated heterocycles. The number of fused-ring (bicyclic) bond motifs is 3. The first-order chi connectivity index (χ1) is 15.4. The van der Waals surface area contributed by atoms with E-state index in [4.69, 9.17) is 4.98 Å². The summed E-state index contributed by atoms with van der Waals surface area (Å²) in [6, 6.07) is 5.96. The van der Waals surface area contributed by atoms with Crippen molar-refractivity contribution in [1.29, 1.82) is 0 Å². The number of rotatable bonds is 7. The molecule has 170 valence electrons. The molecule has 0 saturated carbocycles. The molecule has 3 aromatic rings. The van der Waals surface area contributed by atoms with Crippen molar-refractivity contribution in [1.82, 2.24) is 14.5 Å². The molecule has 0 radical (unpaired) electrons. The summed E-state index contributed by atoms with van der Waals surface area (Å²) >= 11 is 1.66. The zero-order valence-electron chi connectivity index (χ0n) is 19.5. The molecule has 1 N–H and O–H groups in total. The van der Waals surface area contributed by atoms with Gasteiger partial charge in [0.25, 0.3) is 5.56 Å². The van der Waals surface area contributed by atoms with E-state index in [1.165, 1.54) is 11.3 Å². The predicted molar refractivity (Wildman–Crippen MR) is 132 cm³/mol. The number of aromatic nitrogens is 2. The third-order valence-corrected chi connectivity index (χ3v) is 7.41. The van der Waals surface area contributed by atoms with E-state index >= 15 is 0 Å². The average Bonchev–Trinajstić information content (AvgIpc) is 3.12. The summed E-state index contributed by atoms with van der Waals surface area (Å²) in [6.07, 6.45) is 4.22. The highest BCUT2D eigenvalue weighted by Gasteiger charge is 2.23.